The molecule has 14 rings (SSSR count). The summed E-state index contributed by atoms with van der Waals surface area (Å²) in [6, 6.07) is 27.2. The summed E-state index contributed by atoms with van der Waals surface area (Å²) in [4.78, 5) is 9.18. The van der Waals surface area contributed by atoms with Crippen LogP contribution >= 0.6 is 51.1 Å². The number of aliphatic imine (C=N–C) groups is 2. The molecule has 0 bridgehead atoms. The molecule has 0 N–H and O–H groups in total. The van der Waals surface area contributed by atoms with Crippen LogP contribution < -0.4 is 10.2 Å². The second-order valence-corrected chi connectivity index (χ2v) is 38.8. The van der Waals surface area contributed by atoms with Crippen LogP contribution in [0.1, 0.15) is 114 Å². The van der Waals surface area contributed by atoms with Crippen LogP contribution in [0.15, 0.2) is 241 Å². The zero-order valence-corrected chi connectivity index (χ0v) is 70.6. The first kappa shape index (κ1) is 81.7. The first-order valence-electron chi connectivity index (χ1n) is 33.9. The minimum absolute atomic E-state index is 0.0377. The van der Waals surface area contributed by atoms with E-state index in [1.54, 1.807) is 12.4 Å². The summed E-state index contributed by atoms with van der Waals surface area (Å²) in [5, 5.41) is 25.9. The second-order valence-electron chi connectivity index (χ2n) is 27.6. The van der Waals surface area contributed by atoms with E-state index in [0.29, 0.717) is 11.1 Å². The molecule has 4 aromatic rings. The Morgan fingerprint density at radius 2 is 0.641 bits per heavy atom. The van der Waals surface area contributed by atoms with Crippen molar-refractivity contribution >= 4 is 74.9 Å². The molecule has 0 heterocycles. The normalized spacial score (nSPS) is 20.5. The van der Waals surface area contributed by atoms with E-state index in [1.807, 2.05) is 84.9 Å². The Balaban J connectivity index is 0.000000199. The number of allylic oxidation sites excluding steroid dienone is 24. The van der Waals surface area contributed by atoms with Crippen LogP contribution in [0.25, 0.3) is 0 Å². The molecule has 508 valence electrons. The molecule has 4 nitrogen and oxygen atoms in total. The van der Waals surface area contributed by atoms with E-state index in [2.05, 4.69) is 261 Å². The molecule has 4 fully saturated rings. The number of fused-ring (bicyclic) bond motifs is 8. The Morgan fingerprint density at radius 1 is 0.359 bits per heavy atom. The van der Waals surface area contributed by atoms with E-state index in [-0.39, 0.29) is 33.2 Å². The zero-order chi connectivity index (χ0) is 73.3. The van der Waals surface area contributed by atoms with Gasteiger partial charge in [-0.1, -0.05) is 273 Å². The van der Waals surface area contributed by atoms with Crippen LogP contribution in [0.3, 0.4) is 0 Å². The Bertz CT molecular complexity index is 3790. The van der Waals surface area contributed by atoms with Gasteiger partial charge in [-0.05, 0) is 143 Å². The number of rotatable bonds is 12. The molecule has 2 atom stereocenters. The van der Waals surface area contributed by atoms with Gasteiger partial charge >= 0.3 is 114 Å². The number of hydrogen-bond donors (Lipinski definition) is 0. The van der Waals surface area contributed by atoms with Gasteiger partial charge in [-0.25, -0.2) is 0 Å². The van der Waals surface area contributed by atoms with E-state index in [4.69, 9.17) is 51.1 Å². The van der Waals surface area contributed by atoms with E-state index in [1.165, 1.54) is 94.7 Å². The average Bonchev–Trinajstić information content (AvgIpc) is 1.58. The SMILES string of the molecule is CC(CCC#Cc1ccc(N=Cc2cccc(C(C)(C)C)c2[O-])cc1)([C]1[CH][CH][C]2C=CC=C[C]21)[C]1[C]2C=CC=C[C]2[C]2C=CC=C[C]21.CC(CCC#Cc1ccc(N=Cc2cccc(C(C)(C)C)c2[O-])cc1)([C]1[CH][CH][C]2C=CC=C[C]21)[C]1[C]2C=CC=C[C]2[C]2C=CC=C[C]21.[Cl][Zr+2][Cl].[Cl][Zr+2][Cl].[Cl][Zr+2][Cl]. The van der Waals surface area contributed by atoms with Gasteiger partial charge in [0.15, 0.2) is 0 Å². The van der Waals surface area contributed by atoms with Gasteiger partial charge in [0, 0.05) is 119 Å². The quantitative estimate of drug-likeness (QED) is 0.105. The summed E-state index contributed by atoms with van der Waals surface area (Å²) in [7, 11) is 29.6. The molecule has 20 radical (unpaired) electrons. The van der Waals surface area contributed by atoms with E-state index in [9.17, 15) is 10.2 Å². The molecule has 10 aliphatic rings. The Labute approximate surface area is 672 Å². The van der Waals surface area contributed by atoms with Crippen molar-refractivity contribution < 1.29 is 72.8 Å². The van der Waals surface area contributed by atoms with Gasteiger partial charge in [0.1, 0.15) is 0 Å². The molecule has 0 saturated heterocycles. The van der Waals surface area contributed by atoms with Crippen molar-refractivity contribution in [3.8, 4) is 35.2 Å². The van der Waals surface area contributed by atoms with Gasteiger partial charge in [0.2, 0.25) is 0 Å². The summed E-state index contributed by atoms with van der Waals surface area (Å²) in [5.41, 5.74) is 5.39. The molecule has 13 heteroatoms. The van der Waals surface area contributed by atoms with E-state index < -0.39 is 62.5 Å². The van der Waals surface area contributed by atoms with Crippen LogP contribution in [0, 0.1) is 155 Å². The molecule has 0 aliphatic heterocycles. The summed E-state index contributed by atoms with van der Waals surface area (Å²) in [6.45, 7) is 17.1. The Hall–Kier alpha value is -3.79. The van der Waals surface area contributed by atoms with Crippen molar-refractivity contribution in [2.75, 3.05) is 0 Å². The molecule has 2 unspecified atom stereocenters. The van der Waals surface area contributed by atoms with Crippen molar-refractivity contribution in [1.29, 1.82) is 0 Å². The number of hydrogen-bond acceptors (Lipinski definition) is 4. The van der Waals surface area contributed by atoms with Gasteiger partial charge in [-0.2, -0.15) is 0 Å². The van der Waals surface area contributed by atoms with Gasteiger partial charge in [0.25, 0.3) is 0 Å². The molecular formula is C90H76Cl6N2O2Zr3+4. The van der Waals surface area contributed by atoms with Crippen molar-refractivity contribution in [3.05, 3.63) is 385 Å². The molecule has 4 saturated carbocycles. The van der Waals surface area contributed by atoms with Gasteiger partial charge in [0.05, 0.1) is 11.4 Å². The van der Waals surface area contributed by atoms with Crippen LogP contribution in [-0.2, 0) is 73.4 Å². The van der Waals surface area contributed by atoms with Crippen LogP contribution in [0.2, 0.25) is 0 Å². The minimum atomic E-state index is -0.826. The van der Waals surface area contributed by atoms with Crippen molar-refractivity contribution in [1.82, 2.24) is 0 Å². The van der Waals surface area contributed by atoms with Gasteiger partial charge < -0.3 is 10.2 Å². The molecule has 0 aromatic heterocycles. The third-order valence-electron chi connectivity index (χ3n) is 19.1. The summed E-state index contributed by atoms with van der Waals surface area (Å²) in [6.07, 6.45) is 68.5. The predicted octanol–water partition coefficient (Wildman–Crippen LogP) is 22.8. The van der Waals surface area contributed by atoms with Gasteiger partial charge in [-0.15, -0.1) is 0 Å². The van der Waals surface area contributed by atoms with Gasteiger partial charge in [-0.3, -0.25) is 9.98 Å². The fourth-order valence-electron chi connectivity index (χ4n) is 14.3. The fourth-order valence-corrected chi connectivity index (χ4v) is 14.3. The van der Waals surface area contributed by atoms with Crippen molar-refractivity contribution in [2.24, 2.45) is 20.8 Å². The summed E-state index contributed by atoms with van der Waals surface area (Å²) >= 11 is -2.48. The number of halogens is 6. The summed E-state index contributed by atoms with van der Waals surface area (Å²) < 4.78 is 0. The maximum atomic E-state index is 12.9. The first-order valence-corrected chi connectivity index (χ1v) is 52.9. The molecule has 10 aliphatic carbocycles. The zero-order valence-electron chi connectivity index (χ0n) is 58.7. The number of benzene rings is 4. The summed E-state index contributed by atoms with van der Waals surface area (Å²) in [5.74, 6) is 35.0. The number of para-hydroxylation sites is 2. The molecule has 0 amide bonds. The standard InChI is InChI=1S/2C45H39NO.6ClH.3Zr/c2*1-44(2,3)41-22-13-16-33(43(41)47)30-46-34-26-23-31(24-27-34)14-11-12-29-45(4,40-28-25-32-15-5-6-17-35(32)40)42-38-20-9-7-18-36(38)37-19-8-10-21-39(37)42;;;;;;;;;/h2*5-10,13,15-28,30,47H,12,29H2,1-4H3;6*1H;;;/q;;;;;;;;3*+4/p-8. The van der Waals surface area contributed by atoms with Crippen molar-refractivity contribution in [3.63, 3.8) is 0 Å². The number of nitrogens with zero attached hydrogens (tertiary/aromatic N) is 2. The molecule has 103 heavy (non-hydrogen) atoms. The third-order valence-corrected chi connectivity index (χ3v) is 19.1. The third kappa shape index (κ3) is 19.8. The molecular weight excluding hydrogens is 1630 g/mol. The predicted molar refractivity (Wildman–Crippen MR) is 419 cm³/mol. The Morgan fingerprint density at radius 3 is 0.942 bits per heavy atom. The first-order chi connectivity index (χ1) is 49.7. The monoisotopic (exact) mass is 1700 g/mol. The maximum absolute atomic E-state index is 12.9. The molecule has 0 spiro atoms. The average molecular weight is 1700 g/mol. The second kappa shape index (κ2) is 38.5. The van der Waals surface area contributed by atoms with Crippen molar-refractivity contribution in [2.45, 2.75) is 91.9 Å². The molecule has 4 aromatic carbocycles. The fraction of sp³-hybridized carbons (Fsp3) is 0.178. The van der Waals surface area contributed by atoms with Crippen LogP contribution in [0.5, 0.6) is 11.5 Å². The van der Waals surface area contributed by atoms with Crippen LogP contribution in [0.4, 0.5) is 11.4 Å². The van der Waals surface area contributed by atoms with Crippen LogP contribution in [-0.4, -0.2) is 12.4 Å². The van der Waals surface area contributed by atoms with E-state index in [0.717, 1.165) is 59.3 Å². The Kier molecular flexibility index (Phi) is 30.6. The topological polar surface area (TPSA) is 70.8 Å². The van der Waals surface area contributed by atoms with E-state index >= 15 is 0 Å².